The van der Waals surface area contributed by atoms with E-state index in [4.69, 9.17) is 9.88 Å². The first-order chi connectivity index (χ1) is 21.8. The summed E-state index contributed by atoms with van der Waals surface area (Å²) in [6, 6.07) is 18.2. The van der Waals surface area contributed by atoms with Gasteiger partial charge in [-0.3, -0.25) is 4.90 Å². The molecule has 1 heterocycles. The van der Waals surface area contributed by atoms with Gasteiger partial charge in [0.15, 0.2) is 0 Å². The number of nitrogens with one attached hydrogen (secondary N) is 2. The molecule has 4 rings (SSSR count). The average Bonchev–Trinajstić information content (AvgIpc) is 3.35. The number of ether oxygens (including phenoxy) is 1. The number of primary sulfonamides is 1. The zero-order valence-electron chi connectivity index (χ0n) is 25.3. The van der Waals surface area contributed by atoms with Crippen LogP contribution in [-0.4, -0.2) is 74.2 Å². The fourth-order valence-electron chi connectivity index (χ4n) is 5.08. The quantitative estimate of drug-likeness (QED) is 0.133. The molecule has 1 atom stereocenters. The first kappa shape index (κ1) is 34.6. The van der Waals surface area contributed by atoms with Gasteiger partial charge in [0, 0.05) is 42.0 Å². The molecule has 14 heteroatoms. The van der Waals surface area contributed by atoms with Gasteiger partial charge in [0.2, 0.25) is 10.0 Å². The van der Waals surface area contributed by atoms with E-state index in [2.05, 4.69) is 22.5 Å². The van der Waals surface area contributed by atoms with Gasteiger partial charge in [0.05, 0.1) is 48.7 Å². The number of sulfonamides is 1. The summed E-state index contributed by atoms with van der Waals surface area (Å²) < 4.78 is 70.6. The molecule has 246 valence electrons. The van der Waals surface area contributed by atoms with Crippen LogP contribution in [0.25, 0.3) is 10.9 Å². The number of methoxy groups -OCH3 is 1. The third-order valence-corrected chi connectivity index (χ3v) is 8.27. The van der Waals surface area contributed by atoms with Crippen molar-refractivity contribution in [2.75, 3.05) is 50.6 Å². The molecule has 6 N–H and O–H groups in total. The minimum atomic E-state index is -4.49. The van der Waals surface area contributed by atoms with Crippen LogP contribution in [0.4, 0.5) is 30.2 Å². The summed E-state index contributed by atoms with van der Waals surface area (Å²) in [6.45, 7) is 1.56. The molecule has 0 aliphatic heterocycles. The summed E-state index contributed by atoms with van der Waals surface area (Å²) in [6.07, 6.45) is -4.49. The highest BCUT2D eigenvalue weighted by Gasteiger charge is 2.30. The van der Waals surface area contributed by atoms with Crippen LogP contribution in [0, 0.1) is 11.8 Å². The number of hydrogen-bond donors (Lipinski definition) is 5. The number of nitrogens with zero attached hydrogens (tertiary/aromatic N) is 2. The van der Waals surface area contributed by atoms with E-state index >= 15 is 0 Å². The molecule has 0 saturated heterocycles. The van der Waals surface area contributed by atoms with Crippen LogP contribution in [-0.2, 0) is 16.6 Å². The first-order valence-electron chi connectivity index (χ1n) is 14.3. The number of fused-ring (bicyclic) bond motifs is 1. The highest BCUT2D eigenvalue weighted by atomic mass is 32.2. The Kier molecular flexibility index (Phi) is 11.2. The Bertz CT molecular complexity index is 1810. The number of aliphatic hydroxyl groups is 2. The molecule has 0 bridgehead atoms. The lowest BCUT2D eigenvalue weighted by molar-refractivity contribution is -0.140. The van der Waals surface area contributed by atoms with Crippen molar-refractivity contribution in [3.63, 3.8) is 0 Å². The van der Waals surface area contributed by atoms with E-state index in [1.54, 1.807) is 24.3 Å². The number of rotatable bonds is 13. The van der Waals surface area contributed by atoms with Gasteiger partial charge in [-0.1, -0.05) is 24.1 Å². The molecule has 0 fully saturated rings. The summed E-state index contributed by atoms with van der Waals surface area (Å²) in [5, 5.41) is 30.7. The molecule has 0 unspecified atom stereocenters. The van der Waals surface area contributed by atoms with Crippen LogP contribution >= 0.6 is 0 Å². The highest BCUT2D eigenvalue weighted by molar-refractivity contribution is 7.89. The van der Waals surface area contributed by atoms with E-state index in [1.807, 2.05) is 36.1 Å². The minimum Gasteiger partial charge on any atom is -0.495 e. The maximum atomic E-state index is 13.6. The van der Waals surface area contributed by atoms with Crippen LogP contribution in [0.3, 0.4) is 0 Å². The SMILES string of the molecule is COc1cc(S(N)(=O)=O)ccc1NCC#Cc1cc2c(Nc3ccc([C@H](C)N(CCO)CCO)cc3)cccc2n1CC(F)(F)F. The molecule has 10 nitrogen and oxygen atoms in total. The summed E-state index contributed by atoms with van der Waals surface area (Å²) in [7, 11) is -2.57. The number of anilines is 3. The van der Waals surface area contributed by atoms with Gasteiger partial charge in [-0.2, -0.15) is 13.2 Å². The van der Waals surface area contributed by atoms with E-state index in [-0.39, 0.29) is 42.1 Å². The van der Waals surface area contributed by atoms with Crippen molar-refractivity contribution in [1.82, 2.24) is 9.47 Å². The van der Waals surface area contributed by atoms with Crippen molar-refractivity contribution in [2.45, 2.75) is 30.6 Å². The van der Waals surface area contributed by atoms with E-state index in [0.717, 1.165) is 15.8 Å². The van der Waals surface area contributed by atoms with Crippen LogP contribution < -0.4 is 20.5 Å². The van der Waals surface area contributed by atoms with E-state index < -0.39 is 22.7 Å². The van der Waals surface area contributed by atoms with E-state index in [9.17, 15) is 31.8 Å². The smallest absolute Gasteiger partial charge is 0.406 e. The van der Waals surface area contributed by atoms with E-state index in [0.29, 0.717) is 35.4 Å². The van der Waals surface area contributed by atoms with Gasteiger partial charge in [-0.15, -0.1) is 0 Å². The fraction of sp³-hybridized carbons (Fsp3) is 0.312. The van der Waals surface area contributed by atoms with Crippen molar-refractivity contribution in [3.8, 4) is 17.6 Å². The van der Waals surface area contributed by atoms with Crippen molar-refractivity contribution in [1.29, 1.82) is 0 Å². The Morgan fingerprint density at radius 3 is 2.33 bits per heavy atom. The number of hydrogen-bond acceptors (Lipinski definition) is 8. The third kappa shape index (κ3) is 8.71. The number of aromatic nitrogens is 1. The Morgan fingerprint density at radius 2 is 1.72 bits per heavy atom. The van der Waals surface area contributed by atoms with E-state index in [1.165, 1.54) is 25.3 Å². The molecule has 0 amide bonds. The zero-order chi connectivity index (χ0) is 33.5. The second-order valence-corrected chi connectivity index (χ2v) is 12.0. The second kappa shape index (κ2) is 14.9. The predicted molar refractivity (Wildman–Crippen MR) is 172 cm³/mol. The number of alkyl halides is 3. The Morgan fingerprint density at radius 1 is 1.02 bits per heavy atom. The molecule has 0 saturated carbocycles. The molecule has 0 radical (unpaired) electrons. The lowest BCUT2D eigenvalue weighted by Gasteiger charge is -2.28. The normalized spacial score (nSPS) is 12.5. The Labute approximate surface area is 265 Å². The van der Waals surface area contributed by atoms with Gasteiger partial charge in [0.1, 0.15) is 12.3 Å². The fourth-order valence-corrected chi connectivity index (χ4v) is 5.61. The van der Waals surface area contributed by atoms with Gasteiger partial charge >= 0.3 is 6.18 Å². The summed E-state index contributed by atoms with van der Waals surface area (Å²) in [5.74, 6) is 5.89. The van der Waals surface area contributed by atoms with Crippen LogP contribution in [0.1, 0.15) is 24.2 Å². The number of benzene rings is 3. The van der Waals surface area contributed by atoms with Crippen LogP contribution in [0.15, 0.2) is 71.6 Å². The molecular weight excluding hydrogens is 623 g/mol. The molecule has 46 heavy (non-hydrogen) atoms. The minimum absolute atomic E-state index is 0.0303. The molecule has 3 aromatic carbocycles. The maximum Gasteiger partial charge on any atom is 0.406 e. The first-order valence-corrected chi connectivity index (χ1v) is 15.8. The zero-order valence-corrected chi connectivity index (χ0v) is 26.1. The van der Waals surface area contributed by atoms with Gasteiger partial charge < -0.3 is 30.2 Å². The van der Waals surface area contributed by atoms with Gasteiger partial charge in [0.25, 0.3) is 0 Å². The summed E-state index contributed by atoms with van der Waals surface area (Å²) in [5.41, 5.74) is 3.25. The van der Waals surface area contributed by atoms with Crippen molar-refractivity contribution in [3.05, 3.63) is 78.0 Å². The van der Waals surface area contributed by atoms with Gasteiger partial charge in [-0.25, -0.2) is 13.6 Å². The van der Waals surface area contributed by atoms with Crippen molar-refractivity contribution >= 4 is 38.0 Å². The number of aliphatic hydroxyl groups excluding tert-OH is 2. The molecule has 0 aliphatic rings. The number of halogens is 3. The highest BCUT2D eigenvalue weighted by Crippen LogP contribution is 2.32. The van der Waals surface area contributed by atoms with Crippen LogP contribution in [0.5, 0.6) is 5.75 Å². The standard InChI is InChI=1S/C32H36F3N5O5S/c1-22(39(15-17-41)16-18-42)23-8-10-24(11-9-23)38-28-6-3-7-30-27(28)19-25(40(30)21-32(33,34)35)5-4-14-37-29-13-12-26(46(36,43)44)20-31(29)45-2/h3,6-13,19-20,22,37-38,41-42H,14-18,21H2,1-2H3,(H2,36,43,44)/t22-/m0/s1. The average molecular weight is 660 g/mol. The number of nitrogens with two attached hydrogens (primary N) is 1. The topological polar surface area (TPSA) is 142 Å². The lowest BCUT2D eigenvalue weighted by Crippen LogP contribution is -2.32. The van der Waals surface area contributed by atoms with Gasteiger partial charge in [-0.05, 0) is 60.9 Å². The molecule has 4 aromatic rings. The van der Waals surface area contributed by atoms with Crippen LogP contribution in [0.2, 0.25) is 0 Å². The third-order valence-electron chi connectivity index (χ3n) is 7.36. The Hall–Kier alpha value is -4.26. The Balaban J connectivity index is 1.59. The summed E-state index contributed by atoms with van der Waals surface area (Å²) in [4.78, 5) is 1.83. The molecule has 0 aliphatic carbocycles. The molecule has 0 spiro atoms. The van der Waals surface area contributed by atoms with Crippen molar-refractivity contribution < 1.29 is 36.5 Å². The molecule has 1 aromatic heterocycles. The predicted octanol–water partition coefficient (Wildman–Crippen LogP) is 4.41. The maximum absolute atomic E-state index is 13.6. The monoisotopic (exact) mass is 659 g/mol. The largest absolute Gasteiger partial charge is 0.495 e. The molecular formula is C32H36F3N5O5S. The second-order valence-electron chi connectivity index (χ2n) is 10.4. The summed E-state index contributed by atoms with van der Waals surface area (Å²) >= 11 is 0. The lowest BCUT2D eigenvalue weighted by atomic mass is 10.1. The van der Waals surface area contributed by atoms with Crippen molar-refractivity contribution in [2.24, 2.45) is 5.14 Å².